The van der Waals surface area contributed by atoms with Crippen molar-refractivity contribution in [2.75, 3.05) is 6.61 Å². The quantitative estimate of drug-likeness (QED) is 0.800. The molecule has 4 nitrogen and oxygen atoms in total. The third kappa shape index (κ3) is 4.05. The van der Waals surface area contributed by atoms with Crippen molar-refractivity contribution in [2.45, 2.75) is 19.4 Å². The van der Waals surface area contributed by atoms with Crippen molar-refractivity contribution in [1.82, 2.24) is 9.97 Å². The SMILES string of the molecule is CC(C)(N)COc1cncc(Cl)n1. The molecule has 0 aliphatic rings. The predicted molar refractivity (Wildman–Crippen MR) is 50.8 cm³/mol. The van der Waals surface area contributed by atoms with Crippen LogP contribution in [0.25, 0.3) is 0 Å². The van der Waals surface area contributed by atoms with Gasteiger partial charge < -0.3 is 10.5 Å². The van der Waals surface area contributed by atoms with Crippen molar-refractivity contribution in [2.24, 2.45) is 5.73 Å². The molecule has 0 aromatic carbocycles. The number of hydrogen-bond acceptors (Lipinski definition) is 4. The van der Waals surface area contributed by atoms with E-state index in [0.29, 0.717) is 17.6 Å². The minimum Gasteiger partial charge on any atom is -0.475 e. The molecule has 0 saturated heterocycles. The molecule has 0 amide bonds. The van der Waals surface area contributed by atoms with Gasteiger partial charge in [-0.05, 0) is 13.8 Å². The summed E-state index contributed by atoms with van der Waals surface area (Å²) in [4.78, 5) is 7.73. The van der Waals surface area contributed by atoms with E-state index in [1.807, 2.05) is 13.8 Å². The number of rotatable bonds is 3. The Balaban J connectivity index is 2.55. The average Bonchev–Trinajstić information content (AvgIpc) is 2.00. The maximum Gasteiger partial charge on any atom is 0.233 e. The molecular weight excluding hydrogens is 190 g/mol. The molecule has 0 aliphatic heterocycles. The smallest absolute Gasteiger partial charge is 0.233 e. The molecular formula is C8H12ClN3O. The molecule has 0 fully saturated rings. The first-order valence-corrected chi connectivity index (χ1v) is 4.24. The number of ether oxygens (including phenoxy) is 1. The Kier molecular flexibility index (Phi) is 3.06. The molecule has 72 valence electrons. The first-order chi connectivity index (χ1) is 5.97. The van der Waals surface area contributed by atoms with Gasteiger partial charge in [0.15, 0.2) is 5.15 Å². The van der Waals surface area contributed by atoms with Gasteiger partial charge in [0.25, 0.3) is 0 Å². The number of halogens is 1. The van der Waals surface area contributed by atoms with Crippen LogP contribution in [0.4, 0.5) is 0 Å². The largest absolute Gasteiger partial charge is 0.475 e. The van der Waals surface area contributed by atoms with Gasteiger partial charge in [-0.3, -0.25) is 4.98 Å². The molecule has 1 aromatic rings. The van der Waals surface area contributed by atoms with Crippen LogP contribution in [0.5, 0.6) is 5.88 Å². The van der Waals surface area contributed by atoms with E-state index in [-0.39, 0.29) is 5.54 Å². The third-order valence-corrected chi connectivity index (χ3v) is 1.36. The van der Waals surface area contributed by atoms with Crippen LogP contribution in [-0.4, -0.2) is 22.1 Å². The summed E-state index contributed by atoms with van der Waals surface area (Å²) in [6, 6.07) is 0. The lowest BCUT2D eigenvalue weighted by atomic mass is 10.1. The molecule has 2 N–H and O–H groups in total. The van der Waals surface area contributed by atoms with E-state index in [1.165, 1.54) is 12.4 Å². The van der Waals surface area contributed by atoms with Gasteiger partial charge in [-0.25, -0.2) is 0 Å². The number of nitrogens with two attached hydrogens (primary N) is 1. The Morgan fingerprint density at radius 3 is 2.77 bits per heavy atom. The second-order valence-electron chi connectivity index (χ2n) is 3.46. The summed E-state index contributed by atoms with van der Waals surface area (Å²) in [6.07, 6.45) is 2.94. The van der Waals surface area contributed by atoms with Crippen molar-refractivity contribution in [3.05, 3.63) is 17.5 Å². The van der Waals surface area contributed by atoms with Gasteiger partial charge in [0.05, 0.1) is 12.4 Å². The molecule has 0 aliphatic carbocycles. The molecule has 0 spiro atoms. The fraction of sp³-hybridized carbons (Fsp3) is 0.500. The molecule has 1 heterocycles. The molecule has 0 atom stereocenters. The highest BCUT2D eigenvalue weighted by Gasteiger charge is 2.11. The lowest BCUT2D eigenvalue weighted by Gasteiger charge is -2.18. The zero-order valence-electron chi connectivity index (χ0n) is 7.62. The van der Waals surface area contributed by atoms with Crippen LogP contribution in [0.15, 0.2) is 12.4 Å². The second-order valence-corrected chi connectivity index (χ2v) is 3.84. The summed E-state index contributed by atoms with van der Waals surface area (Å²) in [6.45, 7) is 4.11. The van der Waals surface area contributed by atoms with Gasteiger partial charge in [0.1, 0.15) is 6.61 Å². The normalized spacial score (nSPS) is 11.4. The lowest BCUT2D eigenvalue weighted by molar-refractivity contribution is 0.234. The van der Waals surface area contributed by atoms with E-state index < -0.39 is 0 Å². The first-order valence-electron chi connectivity index (χ1n) is 3.86. The van der Waals surface area contributed by atoms with Crippen molar-refractivity contribution in [3.8, 4) is 5.88 Å². The van der Waals surface area contributed by atoms with Crippen LogP contribution in [0, 0.1) is 0 Å². The zero-order valence-corrected chi connectivity index (χ0v) is 8.38. The Morgan fingerprint density at radius 1 is 1.54 bits per heavy atom. The summed E-state index contributed by atoms with van der Waals surface area (Å²) in [5.41, 5.74) is 5.33. The maximum absolute atomic E-state index is 5.72. The molecule has 0 unspecified atom stereocenters. The number of hydrogen-bond donors (Lipinski definition) is 1. The van der Waals surface area contributed by atoms with Gasteiger partial charge >= 0.3 is 0 Å². The molecule has 13 heavy (non-hydrogen) atoms. The molecule has 1 rings (SSSR count). The van der Waals surface area contributed by atoms with E-state index in [1.54, 1.807) is 0 Å². The number of aromatic nitrogens is 2. The molecule has 0 saturated carbocycles. The highest BCUT2D eigenvalue weighted by Crippen LogP contribution is 2.10. The van der Waals surface area contributed by atoms with Crippen LogP contribution in [0.1, 0.15) is 13.8 Å². The highest BCUT2D eigenvalue weighted by molar-refractivity contribution is 6.29. The van der Waals surface area contributed by atoms with Crippen LogP contribution < -0.4 is 10.5 Å². The summed E-state index contributed by atoms with van der Waals surface area (Å²) in [5.74, 6) is 0.394. The zero-order chi connectivity index (χ0) is 9.90. The van der Waals surface area contributed by atoms with E-state index in [2.05, 4.69) is 9.97 Å². The molecule has 1 aromatic heterocycles. The van der Waals surface area contributed by atoms with Crippen molar-refractivity contribution < 1.29 is 4.74 Å². The van der Waals surface area contributed by atoms with E-state index >= 15 is 0 Å². The Hall–Kier alpha value is -0.870. The van der Waals surface area contributed by atoms with Gasteiger partial charge in [0.2, 0.25) is 5.88 Å². The van der Waals surface area contributed by atoms with Crippen molar-refractivity contribution >= 4 is 11.6 Å². The van der Waals surface area contributed by atoms with Gasteiger partial charge in [-0.15, -0.1) is 0 Å². The van der Waals surface area contributed by atoms with Crippen LogP contribution in [-0.2, 0) is 0 Å². The van der Waals surface area contributed by atoms with Crippen LogP contribution in [0.2, 0.25) is 5.15 Å². The third-order valence-electron chi connectivity index (χ3n) is 1.18. The summed E-state index contributed by atoms with van der Waals surface area (Å²) in [7, 11) is 0. The Morgan fingerprint density at radius 2 is 2.23 bits per heavy atom. The van der Waals surface area contributed by atoms with E-state index in [0.717, 1.165) is 0 Å². The molecule has 0 bridgehead atoms. The van der Waals surface area contributed by atoms with Gasteiger partial charge in [-0.1, -0.05) is 11.6 Å². The highest BCUT2D eigenvalue weighted by atomic mass is 35.5. The fourth-order valence-electron chi connectivity index (χ4n) is 0.655. The maximum atomic E-state index is 5.72. The number of nitrogens with zero attached hydrogens (tertiary/aromatic N) is 2. The summed E-state index contributed by atoms with van der Waals surface area (Å²) >= 11 is 5.61. The van der Waals surface area contributed by atoms with E-state index in [9.17, 15) is 0 Å². The summed E-state index contributed by atoms with van der Waals surface area (Å²) in [5, 5.41) is 0.312. The molecule has 0 radical (unpaired) electrons. The summed E-state index contributed by atoms with van der Waals surface area (Å²) < 4.78 is 5.27. The van der Waals surface area contributed by atoms with E-state index in [4.69, 9.17) is 22.1 Å². The lowest BCUT2D eigenvalue weighted by Crippen LogP contribution is -2.38. The fourth-order valence-corrected chi connectivity index (χ4v) is 0.795. The second kappa shape index (κ2) is 3.89. The van der Waals surface area contributed by atoms with Gasteiger partial charge in [-0.2, -0.15) is 4.98 Å². The van der Waals surface area contributed by atoms with Crippen molar-refractivity contribution in [3.63, 3.8) is 0 Å². The van der Waals surface area contributed by atoms with Gasteiger partial charge in [0, 0.05) is 5.54 Å². The van der Waals surface area contributed by atoms with Crippen molar-refractivity contribution in [1.29, 1.82) is 0 Å². The topological polar surface area (TPSA) is 61.0 Å². The monoisotopic (exact) mass is 201 g/mol. The Bertz CT molecular complexity index is 285. The average molecular weight is 202 g/mol. The predicted octanol–water partition coefficient (Wildman–Crippen LogP) is 1.25. The Labute approximate surface area is 82.1 Å². The minimum absolute atomic E-state index is 0.312. The first kappa shape index (κ1) is 10.2. The molecule has 5 heteroatoms. The minimum atomic E-state index is -0.385. The van der Waals surface area contributed by atoms with Crippen LogP contribution in [0.3, 0.4) is 0 Å². The standard InChI is InChI=1S/C8H12ClN3O/c1-8(2,10)5-13-7-4-11-3-6(9)12-7/h3-4H,5,10H2,1-2H3. The van der Waals surface area contributed by atoms with Crippen LogP contribution >= 0.6 is 11.6 Å².